The second kappa shape index (κ2) is 9.69. The molecule has 1 heterocycles. The highest BCUT2D eigenvalue weighted by molar-refractivity contribution is 9.10. The lowest BCUT2D eigenvalue weighted by molar-refractivity contribution is -0.127. The first-order valence-corrected chi connectivity index (χ1v) is 10.5. The molecule has 0 aliphatic carbocycles. The maximum absolute atomic E-state index is 13.2. The predicted octanol–water partition coefficient (Wildman–Crippen LogP) is 4.93. The van der Waals surface area contributed by atoms with Crippen molar-refractivity contribution in [1.82, 2.24) is 10.2 Å². The lowest BCUT2D eigenvalue weighted by Crippen LogP contribution is -2.39. The zero-order valence-electron chi connectivity index (χ0n) is 16.1. The average Bonchev–Trinajstić information content (AvgIpc) is 2.98. The van der Waals surface area contributed by atoms with Crippen LogP contribution in [-0.2, 0) is 4.79 Å². The van der Waals surface area contributed by atoms with Gasteiger partial charge < -0.3 is 10.2 Å². The summed E-state index contributed by atoms with van der Waals surface area (Å²) in [5, 5.41) is 2.85. The van der Waals surface area contributed by atoms with E-state index < -0.39 is 0 Å². The Balaban J connectivity index is 1.86. The fourth-order valence-electron chi connectivity index (χ4n) is 3.22. The number of carbonyl (C=O) groups is 2. The van der Waals surface area contributed by atoms with Gasteiger partial charge in [0.05, 0.1) is 0 Å². The van der Waals surface area contributed by atoms with Gasteiger partial charge >= 0.3 is 0 Å². The number of likely N-dealkylation sites (tertiary alicyclic amines) is 1. The molecule has 1 N–H and O–H groups in total. The number of amides is 2. The maximum atomic E-state index is 13.2. The minimum absolute atomic E-state index is 0.120. The Bertz CT molecular complexity index is 849. The molecule has 1 aliphatic heterocycles. The van der Waals surface area contributed by atoms with Gasteiger partial charge in [0.2, 0.25) is 0 Å². The van der Waals surface area contributed by atoms with Crippen molar-refractivity contribution in [3.63, 3.8) is 0 Å². The van der Waals surface area contributed by atoms with E-state index in [0.717, 1.165) is 54.4 Å². The van der Waals surface area contributed by atoms with Crippen molar-refractivity contribution >= 4 is 33.8 Å². The minimum atomic E-state index is -0.272. The van der Waals surface area contributed by atoms with Crippen LogP contribution in [0.15, 0.2) is 58.7 Å². The van der Waals surface area contributed by atoms with Gasteiger partial charge in [0, 0.05) is 23.1 Å². The van der Waals surface area contributed by atoms with E-state index in [1.807, 2.05) is 48.2 Å². The number of halogens is 1. The lowest BCUT2D eigenvalue weighted by atomic mass is 10.1. The first-order valence-electron chi connectivity index (χ1n) is 9.67. The number of carbonyl (C=O) groups excluding carboxylic acids is 2. The van der Waals surface area contributed by atoms with Gasteiger partial charge in [0.1, 0.15) is 5.70 Å². The van der Waals surface area contributed by atoms with Crippen molar-refractivity contribution in [2.24, 2.45) is 0 Å². The smallest absolute Gasteiger partial charge is 0.270 e. The van der Waals surface area contributed by atoms with E-state index in [1.165, 1.54) is 0 Å². The highest BCUT2D eigenvalue weighted by Gasteiger charge is 2.21. The average molecular weight is 441 g/mol. The number of hydrogen-bond acceptors (Lipinski definition) is 2. The Morgan fingerprint density at radius 1 is 0.929 bits per heavy atom. The van der Waals surface area contributed by atoms with E-state index in [4.69, 9.17) is 0 Å². The number of aryl methyl sites for hydroxylation is 1. The number of benzene rings is 2. The van der Waals surface area contributed by atoms with E-state index in [-0.39, 0.29) is 11.8 Å². The van der Waals surface area contributed by atoms with Crippen LogP contribution in [-0.4, -0.2) is 29.8 Å². The SMILES string of the molecule is Cc1ccc(C(=O)NC(=Cc2ccc(Br)cc2)C(=O)N2CCCCCC2)cc1. The zero-order valence-corrected chi connectivity index (χ0v) is 17.7. The quantitative estimate of drug-likeness (QED) is 0.684. The van der Waals surface area contributed by atoms with Crippen LogP contribution in [0, 0.1) is 6.92 Å². The van der Waals surface area contributed by atoms with Crippen LogP contribution < -0.4 is 5.32 Å². The molecule has 2 aromatic carbocycles. The van der Waals surface area contributed by atoms with Crippen LogP contribution in [0.4, 0.5) is 0 Å². The Kier molecular flexibility index (Phi) is 7.04. The van der Waals surface area contributed by atoms with Crippen molar-refractivity contribution in [3.8, 4) is 0 Å². The van der Waals surface area contributed by atoms with Crippen LogP contribution in [0.25, 0.3) is 6.08 Å². The summed E-state index contributed by atoms with van der Waals surface area (Å²) in [6, 6.07) is 15.0. The molecule has 0 unspecified atom stereocenters. The zero-order chi connectivity index (χ0) is 19.9. The molecule has 1 fully saturated rings. The Morgan fingerprint density at radius 2 is 1.54 bits per heavy atom. The summed E-state index contributed by atoms with van der Waals surface area (Å²) in [5.74, 6) is -0.392. The van der Waals surface area contributed by atoms with Gasteiger partial charge in [-0.05, 0) is 55.7 Å². The monoisotopic (exact) mass is 440 g/mol. The highest BCUT2D eigenvalue weighted by atomic mass is 79.9. The molecule has 0 atom stereocenters. The van der Waals surface area contributed by atoms with Gasteiger partial charge in [-0.1, -0.05) is 58.6 Å². The van der Waals surface area contributed by atoms with Crippen LogP contribution in [0.5, 0.6) is 0 Å². The summed E-state index contributed by atoms with van der Waals surface area (Å²) in [4.78, 5) is 27.8. The molecule has 3 rings (SSSR count). The highest BCUT2D eigenvalue weighted by Crippen LogP contribution is 2.16. The molecule has 5 heteroatoms. The van der Waals surface area contributed by atoms with Crippen molar-refractivity contribution in [1.29, 1.82) is 0 Å². The Hall–Kier alpha value is -2.40. The van der Waals surface area contributed by atoms with E-state index in [1.54, 1.807) is 18.2 Å². The normalized spacial score (nSPS) is 15.1. The van der Waals surface area contributed by atoms with E-state index >= 15 is 0 Å². The molecule has 0 bridgehead atoms. The Labute approximate surface area is 174 Å². The first kappa shape index (κ1) is 20.3. The number of rotatable bonds is 4. The number of nitrogens with one attached hydrogen (secondary N) is 1. The van der Waals surface area contributed by atoms with Crippen molar-refractivity contribution in [3.05, 3.63) is 75.4 Å². The van der Waals surface area contributed by atoms with Gasteiger partial charge in [-0.3, -0.25) is 9.59 Å². The molecule has 28 heavy (non-hydrogen) atoms. The molecule has 0 aromatic heterocycles. The molecule has 2 amide bonds. The summed E-state index contributed by atoms with van der Waals surface area (Å²) >= 11 is 3.42. The van der Waals surface area contributed by atoms with Gasteiger partial charge in [-0.15, -0.1) is 0 Å². The van der Waals surface area contributed by atoms with Gasteiger partial charge in [0.15, 0.2) is 0 Å². The Morgan fingerprint density at radius 3 is 2.14 bits per heavy atom. The fraction of sp³-hybridized carbons (Fsp3) is 0.304. The third-order valence-corrected chi connectivity index (χ3v) is 5.40. The largest absolute Gasteiger partial charge is 0.337 e. The fourth-order valence-corrected chi connectivity index (χ4v) is 3.48. The van der Waals surface area contributed by atoms with Crippen LogP contribution in [0.3, 0.4) is 0 Å². The summed E-state index contributed by atoms with van der Waals surface area (Å²) in [6.07, 6.45) is 6.05. The molecular formula is C23H25BrN2O2. The molecule has 0 spiro atoms. The van der Waals surface area contributed by atoms with Gasteiger partial charge in [-0.2, -0.15) is 0 Å². The summed E-state index contributed by atoms with van der Waals surface area (Å²) in [5.41, 5.74) is 2.80. The third kappa shape index (κ3) is 5.55. The first-order chi connectivity index (χ1) is 13.5. The van der Waals surface area contributed by atoms with Crippen molar-refractivity contribution in [2.75, 3.05) is 13.1 Å². The summed E-state index contributed by atoms with van der Waals surface area (Å²) in [7, 11) is 0. The molecule has 1 saturated heterocycles. The second-order valence-electron chi connectivity index (χ2n) is 7.14. The standard InChI is InChI=1S/C23H25BrN2O2/c1-17-6-10-19(11-7-17)22(27)25-21(16-18-8-12-20(24)13-9-18)23(28)26-14-4-2-3-5-15-26/h6-13,16H,2-5,14-15H2,1H3,(H,25,27). The molecule has 146 valence electrons. The van der Waals surface area contributed by atoms with Crippen LogP contribution >= 0.6 is 15.9 Å². The third-order valence-electron chi connectivity index (χ3n) is 4.87. The number of hydrogen-bond donors (Lipinski definition) is 1. The van der Waals surface area contributed by atoms with Crippen molar-refractivity contribution < 1.29 is 9.59 Å². The minimum Gasteiger partial charge on any atom is -0.337 e. The topological polar surface area (TPSA) is 49.4 Å². The maximum Gasteiger partial charge on any atom is 0.270 e. The molecule has 2 aromatic rings. The molecule has 1 aliphatic rings. The molecule has 0 saturated carbocycles. The summed E-state index contributed by atoms with van der Waals surface area (Å²) < 4.78 is 0.966. The van der Waals surface area contributed by atoms with Crippen molar-refractivity contribution in [2.45, 2.75) is 32.6 Å². The molecular weight excluding hydrogens is 416 g/mol. The lowest BCUT2D eigenvalue weighted by Gasteiger charge is -2.22. The second-order valence-corrected chi connectivity index (χ2v) is 8.05. The van der Waals surface area contributed by atoms with Gasteiger partial charge in [-0.25, -0.2) is 0 Å². The molecule has 4 nitrogen and oxygen atoms in total. The summed E-state index contributed by atoms with van der Waals surface area (Å²) in [6.45, 7) is 3.44. The van der Waals surface area contributed by atoms with E-state index in [0.29, 0.717) is 11.3 Å². The van der Waals surface area contributed by atoms with Crippen LogP contribution in [0.1, 0.15) is 47.2 Å². The van der Waals surface area contributed by atoms with Crippen LogP contribution in [0.2, 0.25) is 0 Å². The molecule has 0 radical (unpaired) electrons. The van der Waals surface area contributed by atoms with E-state index in [2.05, 4.69) is 21.2 Å². The number of nitrogens with zero attached hydrogens (tertiary/aromatic N) is 1. The van der Waals surface area contributed by atoms with Gasteiger partial charge in [0.25, 0.3) is 11.8 Å². The van der Waals surface area contributed by atoms with E-state index in [9.17, 15) is 9.59 Å². The predicted molar refractivity (Wildman–Crippen MR) is 116 cm³/mol.